The van der Waals surface area contributed by atoms with E-state index in [1.54, 1.807) is 6.92 Å². The standard InChI is InChI=1S/C14H23N5O2/c1-4-15-14-16-10(3)12(19(20)21)13(18-14)17-11-8-6-5-7-9(11)2/h9,11H,4-8H2,1-3H3,(H2,15,16,17,18). The summed E-state index contributed by atoms with van der Waals surface area (Å²) in [5, 5.41) is 17.6. The second-order valence-electron chi connectivity index (χ2n) is 5.63. The van der Waals surface area contributed by atoms with Gasteiger partial charge in [-0.2, -0.15) is 4.98 Å². The molecule has 1 aliphatic rings. The Balaban J connectivity index is 2.32. The molecule has 0 aromatic carbocycles. The van der Waals surface area contributed by atoms with Crippen molar-refractivity contribution in [3.63, 3.8) is 0 Å². The molecule has 1 aromatic rings. The number of nitro groups is 1. The summed E-state index contributed by atoms with van der Waals surface area (Å²) in [7, 11) is 0. The van der Waals surface area contributed by atoms with Crippen LogP contribution in [0.3, 0.4) is 0 Å². The van der Waals surface area contributed by atoms with Crippen LogP contribution in [0.5, 0.6) is 0 Å². The molecular weight excluding hydrogens is 270 g/mol. The van der Waals surface area contributed by atoms with Gasteiger partial charge in [0.25, 0.3) is 0 Å². The van der Waals surface area contributed by atoms with Crippen LogP contribution in [-0.2, 0) is 0 Å². The van der Waals surface area contributed by atoms with Crippen molar-refractivity contribution in [2.45, 2.75) is 52.5 Å². The summed E-state index contributed by atoms with van der Waals surface area (Å²) in [6, 6.07) is 0.237. The van der Waals surface area contributed by atoms with Gasteiger partial charge in [-0.1, -0.05) is 19.8 Å². The SMILES string of the molecule is CCNc1nc(C)c([N+](=O)[O-])c(NC2CCCCC2C)n1. The lowest BCUT2D eigenvalue weighted by Gasteiger charge is -2.29. The zero-order chi connectivity index (χ0) is 15.4. The van der Waals surface area contributed by atoms with Crippen molar-refractivity contribution in [3.8, 4) is 0 Å². The Hall–Kier alpha value is -1.92. The quantitative estimate of drug-likeness (QED) is 0.640. The molecule has 2 N–H and O–H groups in total. The molecule has 2 rings (SSSR count). The first-order valence-electron chi connectivity index (χ1n) is 7.56. The third-order valence-corrected chi connectivity index (χ3v) is 4.01. The van der Waals surface area contributed by atoms with Crippen LogP contribution in [-0.4, -0.2) is 27.5 Å². The minimum Gasteiger partial charge on any atom is -0.361 e. The summed E-state index contributed by atoms with van der Waals surface area (Å²) in [6.45, 7) is 6.45. The van der Waals surface area contributed by atoms with Crippen molar-refractivity contribution in [2.75, 3.05) is 17.2 Å². The molecule has 2 unspecified atom stereocenters. The van der Waals surface area contributed by atoms with Gasteiger partial charge in [0.2, 0.25) is 11.8 Å². The van der Waals surface area contributed by atoms with Crippen LogP contribution in [0.15, 0.2) is 0 Å². The highest BCUT2D eigenvalue weighted by molar-refractivity contribution is 5.61. The van der Waals surface area contributed by atoms with Crippen LogP contribution in [0.1, 0.15) is 45.2 Å². The van der Waals surface area contributed by atoms with Gasteiger partial charge < -0.3 is 10.6 Å². The van der Waals surface area contributed by atoms with Crippen LogP contribution in [0.25, 0.3) is 0 Å². The molecule has 0 spiro atoms. The summed E-state index contributed by atoms with van der Waals surface area (Å²) in [5.41, 5.74) is 0.367. The van der Waals surface area contributed by atoms with Gasteiger partial charge in [-0.15, -0.1) is 0 Å². The Morgan fingerprint density at radius 1 is 1.33 bits per heavy atom. The lowest BCUT2D eigenvalue weighted by atomic mass is 9.86. The number of rotatable bonds is 5. The summed E-state index contributed by atoms with van der Waals surface area (Å²) in [6.07, 6.45) is 4.56. The number of nitrogens with one attached hydrogen (secondary N) is 2. The maximum atomic E-state index is 11.3. The molecule has 1 heterocycles. The van der Waals surface area contributed by atoms with E-state index in [4.69, 9.17) is 0 Å². The third-order valence-electron chi connectivity index (χ3n) is 4.01. The molecule has 1 aromatic heterocycles. The van der Waals surface area contributed by atoms with Crippen molar-refractivity contribution in [2.24, 2.45) is 5.92 Å². The van der Waals surface area contributed by atoms with E-state index in [-0.39, 0.29) is 11.7 Å². The Labute approximate surface area is 124 Å². The predicted molar refractivity (Wildman–Crippen MR) is 82.6 cm³/mol. The lowest BCUT2D eigenvalue weighted by molar-refractivity contribution is -0.385. The molecule has 0 radical (unpaired) electrons. The van der Waals surface area contributed by atoms with Gasteiger partial charge in [0.15, 0.2) is 0 Å². The van der Waals surface area contributed by atoms with Crippen LogP contribution in [0, 0.1) is 23.0 Å². The topological polar surface area (TPSA) is 93.0 Å². The Bertz CT molecular complexity index is 520. The molecule has 0 bridgehead atoms. The van der Waals surface area contributed by atoms with Crippen molar-refractivity contribution in [3.05, 3.63) is 15.8 Å². The van der Waals surface area contributed by atoms with Gasteiger partial charge in [0, 0.05) is 12.6 Å². The maximum Gasteiger partial charge on any atom is 0.332 e. The Morgan fingerprint density at radius 2 is 2.05 bits per heavy atom. The molecule has 1 saturated carbocycles. The predicted octanol–water partition coefficient (Wildman–Crippen LogP) is 3.12. The van der Waals surface area contributed by atoms with E-state index in [2.05, 4.69) is 27.5 Å². The number of aromatic nitrogens is 2. The lowest BCUT2D eigenvalue weighted by Crippen LogP contribution is -2.31. The fourth-order valence-electron chi connectivity index (χ4n) is 2.83. The zero-order valence-corrected chi connectivity index (χ0v) is 12.8. The Kier molecular flexibility index (Phi) is 4.93. The first-order valence-corrected chi connectivity index (χ1v) is 7.56. The highest BCUT2D eigenvalue weighted by Crippen LogP contribution is 2.31. The summed E-state index contributed by atoms with van der Waals surface area (Å²) >= 11 is 0. The molecule has 0 aliphatic heterocycles. The van der Waals surface area contributed by atoms with Gasteiger partial charge in [-0.3, -0.25) is 10.1 Å². The normalized spacial score (nSPS) is 21.9. The molecule has 7 nitrogen and oxygen atoms in total. The van der Waals surface area contributed by atoms with Crippen molar-refractivity contribution >= 4 is 17.5 Å². The maximum absolute atomic E-state index is 11.3. The van der Waals surface area contributed by atoms with E-state index in [1.807, 2.05) is 6.92 Å². The fraction of sp³-hybridized carbons (Fsp3) is 0.714. The van der Waals surface area contributed by atoms with Gasteiger partial charge >= 0.3 is 5.69 Å². The molecule has 0 amide bonds. The van der Waals surface area contributed by atoms with Gasteiger partial charge in [-0.05, 0) is 32.6 Å². The number of hydrogen-bond acceptors (Lipinski definition) is 6. The number of hydrogen-bond donors (Lipinski definition) is 2. The monoisotopic (exact) mass is 293 g/mol. The van der Waals surface area contributed by atoms with Crippen molar-refractivity contribution in [1.29, 1.82) is 0 Å². The van der Waals surface area contributed by atoms with Crippen molar-refractivity contribution < 1.29 is 4.92 Å². The molecule has 21 heavy (non-hydrogen) atoms. The molecule has 7 heteroatoms. The van der Waals surface area contributed by atoms with E-state index < -0.39 is 4.92 Å². The second kappa shape index (κ2) is 6.69. The molecule has 116 valence electrons. The largest absolute Gasteiger partial charge is 0.361 e. The van der Waals surface area contributed by atoms with E-state index >= 15 is 0 Å². The molecule has 2 atom stereocenters. The smallest absolute Gasteiger partial charge is 0.332 e. The third kappa shape index (κ3) is 3.59. The molecule has 1 aliphatic carbocycles. The summed E-state index contributed by atoms with van der Waals surface area (Å²) in [4.78, 5) is 19.3. The number of anilines is 2. The van der Waals surface area contributed by atoms with Crippen LogP contribution in [0.2, 0.25) is 0 Å². The zero-order valence-electron chi connectivity index (χ0n) is 12.8. The number of aryl methyl sites for hydroxylation is 1. The van der Waals surface area contributed by atoms with Crippen LogP contribution in [0.4, 0.5) is 17.5 Å². The minimum absolute atomic E-state index is 0.0190. The first-order chi connectivity index (χ1) is 10.0. The second-order valence-corrected chi connectivity index (χ2v) is 5.63. The molecule has 1 fully saturated rings. The van der Waals surface area contributed by atoms with E-state index in [9.17, 15) is 10.1 Å². The van der Waals surface area contributed by atoms with Gasteiger partial charge in [0.05, 0.1) is 4.92 Å². The summed E-state index contributed by atoms with van der Waals surface area (Å²) < 4.78 is 0. The summed E-state index contributed by atoms with van der Waals surface area (Å²) in [5.74, 6) is 1.27. The van der Waals surface area contributed by atoms with Crippen LogP contribution >= 0.6 is 0 Å². The Morgan fingerprint density at radius 3 is 2.67 bits per heavy atom. The average molecular weight is 293 g/mol. The van der Waals surface area contributed by atoms with Gasteiger partial charge in [0.1, 0.15) is 5.69 Å². The molecule has 0 saturated heterocycles. The highest BCUT2D eigenvalue weighted by atomic mass is 16.6. The fourth-order valence-corrected chi connectivity index (χ4v) is 2.83. The van der Waals surface area contributed by atoms with E-state index in [0.29, 0.717) is 29.9 Å². The number of nitrogens with zero attached hydrogens (tertiary/aromatic N) is 3. The van der Waals surface area contributed by atoms with Crippen molar-refractivity contribution in [1.82, 2.24) is 9.97 Å². The van der Waals surface area contributed by atoms with Gasteiger partial charge in [-0.25, -0.2) is 4.98 Å². The minimum atomic E-state index is -0.402. The average Bonchev–Trinajstić information content (AvgIpc) is 2.41. The first kappa shape index (κ1) is 15.5. The van der Waals surface area contributed by atoms with E-state index in [1.165, 1.54) is 6.42 Å². The van der Waals surface area contributed by atoms with E-state index in [0.717, 1.165) is 19.3 Å². The van der Waals surface area contributed by atoms with Crippen LogP contribution < -0.4 is 10.6 Å². The highest BCUT2D eigenvalue weighted by Gasteiger charge is 2.27. The molecular formula is C14H23N5O2.